The summed E-state index contributed by atoms with van der Waals surface area (Å²) in [6.45, 7) is 1.01. The lowest BCUT2D eigenvalue weighted by Crippen LogP contribution is -2.46. The third kappa shape index (κ3) is 5.05. The Morgan fingerprint density at radius 1 is 1.21 bits per heavy atom. The van der Waals surface area contributed by atoms with Gasteiger partial charge in [0.1, 0.15) is 0 Å². The average Bonchev–Trinajstić information content (AvgIpc) is 3.17. The molecule has 0 atom stereocenters. The molecule has 10 heteroatoms. The number of anilines is 1. The summed E-state index contributed by atoms with van der Waals surface area (Å²) >= 11 is 5.98. The summed E-state index contributed by atoms with van der Waals surface area (Å²) in [6.07, 6.45) is 3.69. The molecule has 0 aliphatic carbocycles. The monoisotopic (exact) mass is 425 g/mol. The summed E-state index contributed by atoms with van der Waals surface area (Å²) in [5, 5.41) is 3.12. The molecular formula is C18H20ClN3O5S. The first-order valence-electron chi connectivity index (χ1n) is 8.64. The van der Waals surface area contributed by atoms with Crippen LogP contribution in [0.3, 0.4) is 0 Å². The first-order chi connectivity index (χ1) is 13.2. The smallest absolute Gasteiger partial charge is 0.289 e. The molecule has 1 fully saturated rings. The molecule has 150 valence electrons. The van der Waals surface area contributed by atoms with Gasteiger partial charge in [-0.3, -0.25) is 14.3 Å². The van der Waals surface area contributed by atoms with Crippen molar-refractivity contribution in [1.82, 2.24) is 10.2 Å². The average molecular weight is 426 g/mol. The summed E-state index contributed by atoms with van der Waals surface area (Å²) in [5.74, 6) is -0.192. The predicted octanol–water partition coefficient (Wildman–Crippen LogP) is 2.34. The number of rotatable bonds is 5. The Balaban J connectivity index is 1.59. The maximum atomic E-state index is 12.5. The van der Waals surface area contributed by atoms with Crippen LogP contribution in [-0.4, -0.2) is 50.5 Å². The van der Waals surface area contributed by atoms with E-state index < -0.39 is 10.0 Å². The van der Waals surface area contributed by atoms with Gasteiger partial charge in [-0.25, -0.2) is 8.42 Å². The number of benzene rings is 1. The second-order valence-electron chi connectivity index (χ2n) is 6.59. The summed E-state index contributed by atoms with van der Waals surface area (Å²) in [5.41, 5.74) is 0.445. The van der Waals surface area contributed by atoms with E-state index in [1.807, 2.05) is 0 Å². The lowest BCUT2D eigenvalue weighted by molar-refractivity contribution is 0.0667. The molecule has 1 saturated heterocycles. The number of amides is 2. The number of carbonyl (C=O) groups is 2. The van der Waals surface area contributed by atoms with E-state index in [0.717, 1.165) is 6.26 Å². The van der Waals surface area contributed by atoms with Gasteiger partial charge in [0.15, 0.2) is 5.76 Å². The highest BCUT2D eigenvalue weighted by atomic mass is 35.5. The fourth-order valence-corrected chi connectivity index (χ4v) is 3.79. The Labute approximate surface area is 167 Å². The summed E-state index contributed by atoms with van der Waals surface area (Å²) in [7, 11) is -3.51. The first-order valence-corrected chi connectivity index (χ1v) is 10.9. The van der Waals surface area contributed by atoms with Crippen LogP contribution in [0.15, 0.2) is 41.0 Å². The molecule has 2 aromatic rings. The maximum absolute atomic E-state index is 12.5. The minimum Gasteiger partial charge on any atom is -0.459 e. The Bertz CT molecular complexity index is 967. The van der Waals surface area contributed by atoms with Gasteiger partial charge < -0.3 is 14.6 Å². The van der Waals surface area contributed by atoms with E-state index >= 15 is 0 Å². The van der Waals surface area contributed by atoms with Crippen LogP contribution in [0, 0.1) is 0 Å². The van der Waals surface area contributed by atoms with Crippen LogP contribution < -0.4 is 10.0 Å². The molecule has 0 bridgehead atoms. The zero-order valence-electron chi connectivity index (χ0n) is 15.1. The van der Waals surface area contributed by atoms with Gasteiger partial charge in [0.2, 0.25) is 10.0 Å². The topological polar surface area (TPSA) is 109 Å². The Kier molecular flexibility index (Phi) is 5.95. The minimum atomic E-state index is -3.51. The van der Waals surface area contributed by atoms with E-state index in [1.54, 1.807) is 17.0 Å². The van der Waals surface area contributed by atoms with Crippen molar-refractivity contribution in [3.05, 3.63) is 52.9 Å². The number of likely N-dealkylation sites (tertiary alicyclic amines) is 1. The molecular weight excluding hydrogens is 406 g/mol. The zero-order valence-corrected chi connectivity index (χ0v) is 16.7. The standard InChI is InChI=1S/C18H20ClN3O5S/c1-28(25,26)21-15-11-12(4-5-14(15)19)17(23)20-13-6-8-22(9-7-13)18(24)16-3-2-10-27-16/h2-5,10-11,13,21H,6-9H2,1H3,(H,20,23). The number of piperidine rings is 1. The van der Waals surface area contributed by atoms with Crippen LogP contribution in [0.5, 0.6) is 0 Å². The SMILES string of the molecule is CS(=O)(=O)Nc1cc(C(=O)NC2CCN(C(=O)c3ccco3)CC2)ccc1Cl. The molecule has 1 aliphatic heterocycles. The van der Waals surface area contributed by atoms with Gasteiger partial charge in [0.05, 0.1) is 23.2 Å². The second-order valence-corrected chi connectivity index (χ2v) is 8.74. The van der Waals surface area contributed by atoms with E-state index in [4.69, 9.17) is 16.0 Å². The van der Waals surface area contributed by atoms with Crippen LogP contribution in [0.25, 0.3) is 0 Å². The molecule has 1 aromatic heterocycles. The number of nitrogens with zero attached hydrogens (tertiary/aromatic N) is 1. The highest BCUT2D eigenvalue weighted by molar-refractivity contribution is 7.92. The summed E-state index contributed by atoms with van der Waals surface area (Å²) < 4.78 is 30.2. The predicted molar refractivity (Wildman–Crippen MR) is 105 cm³/mol. The van der Waals surface area contributed by atoms with Crippen molar-refractivity contribution in [2.45, 2.75) is 18.9 Å². The number of hydrogen-bond donors (Lipinski definition) is 2. The number of nitrogens with one attached hydrogen (secondary N) is 2. The molecule has 1 aromatic carbocycles. The quantitative estimate of drug-likeness (QED) is 0.764. The van der Waals surface area contributed by atoms with E-state index in [9.17, 15) is 18.0 Å². The number of halogens is 1. The van der Waals surface area contributed by atoms with Crippen molar-refractivity contribution in [2.24, 2.45) is 0 Å². The van der Waals surface area contributed by atoms with Gasteiger partial charge in [-0.1, -0.05) is 11.6 Å². The maximum Gasteiger partial charge on any atom is 0.289 e. The molecule has 1 aliphatic rings. The Hall–Kier alpha value is -2.52. The van der Waals surface area contributed by atoms with E-state index in [1.165, 1.54) is 24.5 Å². The Morgan fingerprint density at radius 2 is 1.93 bits per heavy atom. The van der Waals surface area contributed by atoms with Crippen molar-refractivity contribution in [3.8, 4) is 0 Å². The molecule has 0 radical (unpaired) electrons. The molecule has 8 nitrogen and oxygen atoms in total. The molecule has 2 N–H and O–H groups in total. The third-order valence-electron chi connectivity index (χ3n) is 4.37. The van der Waals surface area contributed by atoms with Gasteiger partial charge in [0, 0.05) is 24.7 Å². The summed E-state index contributed by atoms with van der Waals surface area (Å²) in [6, 6.07) is 7.59. The molecule has 0 unspecified atom stereocenters. The molecule has 28 heavy (non-hydrogen) atoms. The van der Waals surface area contributed by atoms with Crippen molar-refractivity contribution >= 4 is 39.1 Å². The number of hydrogen-bond acceptors (Lipinski definition) is 5. The van der Waals surface area contributed by atoms with Crippen LogP contribution in [0.4, 0.5) is 5.69 Å². The van der Waals surface area contributed by atoms with Crippen molar-refractivity contribution < 1.29 is 22.4 Å². The van der Waals surface area contributed by atoms with Crippen molar-refractivity contribution in [2.75, 3.05) is 24.1 Å². The fraction of sp³-hybridized carbons (Fsp3) is 0.333. The van der Waals surface area contributed by atoms with Gasteiger partial charge in [-0.15, -0.1) is 0 Å². The lowest BCUT2D eigenvalue weighted by Gasteiger charge is -2.31. The largest absolute Gasteiger partial charge is 0.459 e. The molecule has 2 heterocycles. The van der Waals surface area contributed by atoms with Gasteiger partial charge in [0.25, 0.3) is 11.8 Å². The number of sulfonamides is 1. The molecule has 0 saturated carbocycles. The Morgan fingerprint density at radius 3 is 2.54 bits per heavy atom. The van der Waals surface area contributed by atoms with Gasteiger partial charge >= 0.3 is 0 Å². The van der Waals surface area contributed by atoms with E-state index in [-0.39, 0.29) is 28.6 Å². The van der Waals surface area contributed by atoms with Crippen LogP contribution in [-0.2, 0) is 10.0 Å². The van der Waals surface area contributed by atoms with Crippen LogP contribution in [0.1, 0.15) is 33.8 Å². The van der Waals surface area contributed by atoms with E-state index in [2.05, 4.69) is 10.0 Å². The van der Waals surface area contributed by atoms with Crippen molar-refractivity contribution in [1.29, 1.82) is 0 Å². The fourth-order valence-electron chi connectivity index (χ4n) is 3.00. The minimum absolute atomic E-state index is 0.0878. The van der Waals surface area contributed by atoms with Crippen molar-refractivity contribution in [3.63, 3.8) is 0 Å². The third-order valence-corrected chi connectivity index (χ3v) is 5.29. The van der Waals surface area contributed by atoms with Crippen LogP contribution >= 0.6 is 11.6 Å². The number of carbonyl (C=O) groups excluding carboxylic acids is 2. The number of furan rings is 1. The van der Waals surface area contributed by atoms with E-state index in [0.29, 0.717) is 37.3 Å². The molecule has 2 amide bonds. The highest BCUT2D eigenvalue weighted by Gasteiger charge is 2.26. The molecule has 0 spiro atoms. The first kappa shape index (κ1) is 20.2. The summed E-state index contributed by atoms with van der Waals surface area (Å²) in [4.78, 5) is 26.5. The van der Waals surface area contributed by atoms with Gasteiger partial charge in [-0.2, -0.15) is 0 Å². The lowest BCUT2D eigenvalue weighted by atomic mass is 10.0. The zero-order chi connectivity index (χ0) is 20.3. The van der Waals surface area contributed by atoms with Gasteiger partial charge in [-0.05, 0) is 43.2 Å². The highest BCUT2D eigenvalue weighted by Crippen LogP contribution is 2.24. The molecule has 3 rings (SSSR count). The van der Waals surface area contributed by atoms with Crippen LogP contribution in [0.2, 0.25) is 5.02 Å². The second kappa shape index (κ2) is 8.24. The normalized spacial score (nSPS) is 15.3.